The van der Waals surface area contributed by atoms with Crippen LogP contribution in [-0.4, -0.2) is 17.5 Å². The van der Waals surface area contributed by atoms with Gasteiger partial charge in [-0.1, -0.05) is 18.2 Å². The van der Waals surface area contributed by atoms with Gasteiger partial charge < -0.3 is 15.0 Å². The number of hydrogen-bond donors (Lipinski definition) is 2. The first kappa shape index (κ1) is 14.1. The van der Waals surface area contributed by atoms with Gasteiger partial charge in [0.1, 0.15) is 11.4 Å². The van der Waals surface area contributed by atoms with Gasteiger partial charge in [-0.05, 0) is 36.4 Å². The number of anilines is 1. The van der Waals surface area contributed by atoms with Crippen molar-refractivity contribution in [3.05, 3.63) is 60.3 Å². The lowest BCUT2D eigenvalue weighted by atomic mass is 10.2. The topological polar surface area (TPSA) is 54.1 Å². The second-order valence-electron chi connectivity index (χ2n) is 4.63. The number of ether oxygens (including phenoxy) is 1. The summed E-state index contributed by atoms with van der Waals surface area (Å²) in [5.41, 5.74) is 1.78. The van der Waals surface area contributed by atoms with Gasteiger partial charge in [-0.15, -0.1) is 0 Å². The SMILES string of the molecule is O=C(Nc1ccc(OC(F)F)cc1)c1cc2ccccc2[nH]1. The molecule has 0 radical (unpaired) electrons. The fourth-order valence-electron chi connectivity index (χ4n) is 2.11. The number of alkyl halides is 2. The van der Waals surface area contributed by atoms with E-state index in [4.69, 9.17) is 0 Å². The molecule has 0 saturated heterocycles. The number of aromatic amines is 1. The zero-order valence-corrected chi connectivity index (χ0v) is 11.3. The molecule has 0 unspecified atom stereocenters. The minimum absolute atomic E-state index is 0.0404. The quantitative estimate of drug-likeness (QED) is 0.764. The van der Waals surface area contributed by atoms with E-state index in [1.54, 1.807) is 6.07 Å². The van der Waals surface area contributed by atoms with Crippen molar-refractivity contribution in [2.75, 3.05) is 5.32 Å². The lowest BCUT2D eigenvalue weighted by Crippen LogP contribution is -2.12. The number of aromatic nitrogens is 1. The summed E-state index contributed by atoms with van der Waals surface area (Å²) in [6.45, 7) is -2.87. The molecule has 0 aliphatic heterocycles. The summed E-state index contributed by atoms with van der Waals surface area (Å²) in [6.07, 6.45) is 0. The minimum Gasteiger partial charge on any atom is -0.435 e. The summed E-state index contributed by atoms with van der Waals surface area (Å²) in [7, 11) is 0. The Kier molecular flexibility index (Phi) is 3.74. The van der Waals surface area contributed by atoms with Crippen molar-refractivity contribution in [1.82, 2.24) is 4.98 Å². The van der Waals surface area contributed by atoms with E-state index in [0.717, 1.165) is 10.9 Å². The van der Waals surface area contributed by atoms with Crippen LogP contribution in [0.2, 0.25) is 0 Å². The molecule has 0 aliphatic rings. The molecule has 3 aromatic rings. The number of fused-ring (bicyclic) bond motifs is 1. The largest absolute Gasteiger partial charge is 0.435 e. The normalized spacial score (nSPS) is 10.9. The lowest BCUT2D eigenvalue weighted by Gasteiger charge is -2.06. The van der Waals surface area contributed by atoms with Crippen LogP contribution in [0.25, 0.3) is 10.9 Å². The first-order valence-electron chi connectivity index (χ1n) is 6.56. The van der Waals surface area contributed by atoms with Crippen molar-refractivity contribution >= 4 is 22.5 Å². The molecule has 2 aromatic carbocycles. The Bertz CT molecular complexity index is 764. The zero-order valence-electron chi connectivity index (χ0n) is 11.3. The number of hydrogen-bond acceptors (Lipinski definition) is 2. The number of para-hydroxylation sites is 1. The highest BCUT2D eigenvalue weighted by atomic mass is 19.3. The number of halogens is 2. The van der Waals surface area contributed by atoms with E-state index >= 15 is 0 Å². The third-order valence-corrected chi connectivity index (χ3v) is 3.11. The van der Waals surface area contributed by atoms with Gasteiger partial charge in [0, 0.05) is 16.6 Å². The van der Waals surface area contributed by atoms with E-state index in [1.165, 1.54) is 24.3 Å². The van der Waals surface area contributed by atoms with Crippen molar-refractivity contribution in [1.29, 1.82) is 0 Å². The van der Waals surface area contributed by atoms with Crippen LogP contribution in [0.3, 0.4) is 0 Å². The average molecular weight is 302 g/mol. The van der Waals surface area contributed by atoms with Gasteiger partial charge in [-0.25, -0.2) is 0 Å². The van der Waals surface area contributed by atoms with Gasteiger partial charge in [-0.2, -0.15) is 8.78 Å². The van der Waals surface area contributed by atoms with Crippen LogP contribution in [0.4, 0.5) is 14.5 Å². The van der Waals surface area contributed by atoms with Crippen LogP contribution in [0.5, 0.6) is 5.75 Å². The Morgan fingerprint density at radius 2 is 1.82 bits per heavy atom. The standard InChI is InChI=1S/C16H12F2N2O2/c17-16(18)22-12-7-5-11(6-8-12)19-15(21)14-9-10-3-1-2-4-13(10)20-14/h1-9,16,20H,(H,19,21). The molecular weight excluding hydrogens is 290 g/mol. The second kappa shape index (κ2) is 5.85. The monoisotopic (exact) mass is 302 g/mol. The molecule has 1 heterocycles. The summed E-state index contributed by atoms with van der Waals surface area (Å²) in [6, 6.07) is 15.0. The molecule has 0 aliphatic carbocycles. The molecule has 0 saturated carbocycles. The second-order valence-corrected chi connectivity index (χ2v) is 4.63. The van der Waals surface area contributed by atoms with E-state index in [9.17, 15) is 13.6 Å². The molecule has 0 spiro atoms. The summed E-state index contributed by atoms with van der Waals surface area (Å²) >= 11 is 0. The fraction of sp³-hybridized carbons (Fsp3) is 0.0625. The molecule has 4 nitrogen and oxygen atoms in total. The van der Waals surface area contributed by atoms with Crippen LogP contribution in [0.15, 0.2) is 54.6 Å². The average Bonchev–Trinajstić information content (AvgIpc) is 2.93. The number of carbonyl (C=O) groups is 1. The number of rotatable bonds is 4. The summed E-state index contributed by atoms with van der Waals surface area (Å²) in [5, 5.41) is 3.62. The van der Waals surface area contributed by atoms with Gasteiger partial charge >= 0.3 is 6.61 Å². The lowest BCUT2D eigenvalue weighted by molar-refractivity contribution is -0.0498. The molecular formula is C16H12F2N2O2. The minimum atomic E-state index is -2.87. The van der Waals surface area contributed by atoms with E-state index in [-0.39, 0.29) is 11.7 Å². The zero-order chi connectivity index (χ0) is 15.5. The molecule has 3 rings (SSSR count). The predicted molar refractivity (Wildman–Crippen MR) is 79.3 cm³/mol. The van der Waals surface area contributed by atoms with Crippen molar-refractivity contribution in [3.63, 3.8) is 0 Å². The molecule has 0 bridgehead atoms. The molecule has 1 amide bonds. The van der Waals surface area contributed by atoms with Crippen LogP contribution < -0.4 is 10.1 Å². The van der Waals surface area contributed by atoms with Crippen LogP contribution in [0.1, 0.15) is 10.5 Å². The molecule has 22 heavy (non-hydrogen) atoms. The first-order chi connectivity index (χ1) is 10.6. The molecule has 1 aromatic heterocycles. The van der Waals surface area contributed by atoms with Gasteiger partial charge in [0.05, 0.1) is 0 Å². The first-order valence-corrected chi connectivity index (χ1v) is 6.56. The van der Waals surface area contributed by atoms with Gasteiger partial charge in [-0.3, -0.25) is 4.79 Å². The van der Waals surface area contributed by atoms with Crippen molar-refractivity contribution < 1.29 is 18.3 Å². The van der Waals surface area contributed by atoms with Crippen LogP contribution >= 0.6 is 0 Å². The van der Waals surface area contributed by atoms with Crippen molar-refractivity contribution in [2.45, 2.75) is 6.61 Å². The Labute approximate surface area is 124 Å². The third-order valence-electron chi connectivity index (χ3n) is 3.11. The maximum absolute atomic E-state index is 12.2. The van der Waals surface area contributed by atoms with E-state index in [2.05, 4.69) is 15.0 Å². The fourth-order valence-corrected chi connectivity index (χ4v) is 2.11. The van der Waals surface area contributed by atoms with E-state index in [0.29, 0.717) is 11.4 Å². The summed E-state index contributed by atoms with van der Waals surface area (Å²) in [5.74, 6) is -0.266. The highest BCUT2D eigenvalue weighted by Gasteiger charge is 2.10. The maximum atomic E-state index is 12.2. The number of nitrogens with one attached hydrogen (secondary N) is 2. The summed E-state index contributed by atoms with van der Waals surface area (Å²) in [4.78, 5) is 15.2. The molecule has 0 atom stereocenters. The third kappa shape index (κ3) is 3.06. The highest BCUT2D eigenvalue weighted by molar-refractivity contribution is 6.05. The van der Waals surface area contributed by atoms with Gasteiger partial charge in [0.15, 0.2) is 0 Å². The number of amides is 1. The van der Waals surface area contributed by atoms with E-state index < -0.39 is 6.61 Å². The Morgan fingerprint density at radius 3 is 2.50 bits per heavy atom. The van der Waals surface area contributed by atoms with Crippen LogP contribution in [0, 0.1) is 0 Å². The Balaban J connectivity index is 1.73. The van der Waals surface area contributed by atoms with Crippen molar-refractivity contribution in [2.24, 2.45) is 0 Å². The number of H-pyrrole nitrogens is 1. The summed E-state index contributed by atoms with van der Waals surface area (Å²) < 4.78 is 28.4. The maximum Gasteiger partial charge on any atom is 0.387 e. The molecule has 0 fully saturated rings. The smallest absolute Gasteiger partial charge is 0.387 e. The number of benzene rings is 2. The van der Waals surface area contributed by atoms with Gasteiger partial charge in [0.2, 0.25) is 0 Å². The van der Waals surface area contributed by atoms with Gasteiger partial charge in [0.25, 0.3) is 5.91 Å². The molecule has 6 heteroatoms. The highest BCUT2D eigenvalue weighted by Crippen LogP contribution is 2.19. The van der Waals surface area contributed by atoms with E-state index in [1.807, 2.05) is 24.3 Å². The molecule has 112 valence electrons. The number of carbonyl (C=O) groups excluding carboxylic acids is 1. The predicted octanol–water partition coefficient (Wildman–Crippen LogP) is 4.02. The Morgan fingerprint density at radius 1 is 1.09 bits per heavy atom. The van der Waals surface area contributed by atoms with Crippen molar-refractivity contribution in [3.8, 4) is 5.75 Å². The van der Waals surface area contributed by atoms with Crippen LogP contribution in [-0.2, 0) is 0 Å². The molecule has 2 N–H and O–H groups in total. The Hall–Kier alpha value is -2.89.